The molecule has 3 rings (SSSR count). The molecule has 1 aromatic heterocycles. The zero-order chi connectivity index (χ0) is 13.8. The fraction of sp³-hybridized carbons (Fsp3) is 0.438. The van der Waals surface area contributed by atoms with E-state index in [0.717, 1.165) is 18.8 Å². The Labute approximate surface area is 124 Å². The minimum absolute atomic E-state index is 0.509. The summed E-state index contributed by atoms with van der Waals surface area (Å²) in [6.45, 7) is 2.07. The van der Waals surface area contributed by atoms with Gasteiger partial charge >= 0.3 is 0 Å². The van der Waals surface area contributed by atoms with Crippen molar-refractivity contribution in [3.8, 4) is 5.69 Å². The Morgan fingerprint density at radius 3 is 2.65 bits per heavy atom. The standard InChI is InChI=1S/C16H21N3S/c1-20-16(8-2-9-16)13-17-12-14-4-6-15(7-5-14)19-11-3-10-18-19/h3-7,10-11,17H,2,8-9,12-13H2,1H3. The molecule has 20 heavy (non-hydrogen) atoms. The maximum absolute atomic E-state index is 4.24. The highest BCUT2D eigenvalue weighted by atomic mass is 32.2. The van der Waals surface area contributed by atoms with Crippen LogP contribution >= 0.6 is 11.8 Å². The van der Waals surface area contributed by atoms with Crippen molar-refractivity contribution in [3.63, 3.8) is 0 Å². The average molecular weight is 287 g/mol. The lowest BCUT2D eigenvalue weighted by molar-refractivity contribution is 0.345. The maximum atomic E-state index is 4.24. The Bertz CT molecular complexity index is 524. The van der Waals surface area contributed by atoms with E-state index in [4.69, 9.17) is 0 Å². The normalized spacial score (nSPS) is 16.9. The van der Waals surface area contributed by atoms with Crippen LogP contribution in [0.3, 0.4) is 0 Å². The number of nitrogens with zero attached hydrogens (tertiary/aromatic N) is 2. The zero-order valence-electron chi connectivity index (χ0n) is 11.9. The molecule has 1 N–H and O–H groups in total. The van der Waals surface area contributed by atoms with Crippen LogP contribution in [-0.2, 0) is 6.54 Å². The van der Waals surface area contributed by atoms with E-state index in [9.17, 15) is 0 Å². The first-order valence-electron chi connectivity index (χ1n) is 7.16. The van der Waals surface area contributed by atoms with Gasteiger partial charge in [-0.2, -0.15) is 16.9 Å². The molecule has 106 valence electrons. The van der Waals surface area contributed by atoms with Gasteiger partial charge in [0.15, 0.2) is 0 Å². The highest BCUT2D eigenvalue weighted by Gasteiger charge is 2.35. The number of thioether (sulfide) groups is 1. The van der Waals surface area contributed by atoms with Gasteiger partial charge in [0.2, 0.25) is 0 Å². The summed E-state index contributed by atoms with van der Waals surface area (Å²) in [6, 6.07) is 10.5. The Hall–Kier alpha value is -1.26. The van der Waals surface area contributed by atoms with Crippen LogP contribution in [0.15, 0.2) is 42.7 Å². The molecule has 0 spiro atoms. The highest BCUT2D eigenvalue weighted by Crippen LogP contribution is 2.42. The Morgan fingerprint density at radius 2 is 2.10 bits per heavy atom. The predicted octanol–water partition coefficient (Wildman–Crippen LogP) is 3.25. The second-order valence-corrected chi connectivity index (χ2v) is 6.74. The van der Waals surface area contributed by atoms with Gasteiger partial charge < -0.3 is 5.32 Å². The molecule has 3 nitrogen and oxygen atoms in total. The fourth-order valence-electron chi connectivity index (χ4n) is 2.65. The second-order valence-electron chi connectivity index (χ2n) is 5.46. The van der Waals surface area contributed by atoms with Crippen LogP contribution in [-0.4, -0.2) is 27.3 Å². The number of hydrogen-bond donors (Lipinski definition) is 1. The first-order chi connectivity index (χ1) is 9.81. The van der Waals surface area contributed by atoms with E-state index in [1.807, 2.05) is 28.7 Å². The third kappa shape index (κ3) is 2.91. The van der Waals surface area contributed by atoms with Gasteiger partial charge in [0.05, 0.1) is 5.69 Å². The average Bonchev–Trinajstić information content (AvgIpc) is 2.97. The van der Waals surface area contributed by atoms with Crippen LogP contribution in [0.4, 0.5) is 0 Å². The van der Waals surface area contributed by atoms with Gasteiger partial charge in [0, 0.05) is 30.2 Å². The quantitative estimate of drug-likeness (QED) is 0.884. The molecule has 1 saturated carbocycles. The molecule has 2 aromatic rings. The second kappa shape index (κ2) is 6.02. The molecule has 1 heterocycles. The molecule has 0 radical (unpaired) electrons. The molecule has 1 aromatic carbocycles. The molecule has 0 bridgehead atoms. The van der Waals surface area contributed by atoms with E-state index in [-0.39, 0.29) is 0 Å². The minimum atomic E-state index is 0.509. The van der Waals surface area contributed by atoms with Crippen molar-refractivity contribution in [2.24, 2.45) is 0 Å². The number of benzene rings is 1. The van der Waals surface area contributed by atoms with Crippen LogP contribution in [0.5, 0.6) is 0 Å². The monoisotopic (exact) mass is 287 g/mol. The summed E-state index contributed by atoms with van der Waals surface area (Å²) in [7, 11) is 0. The van der Waals surface area contributed by atoms with Crippen molar-refractivity contribution in [2.45, 2.75) is 30.6 Å². The van der Waals surface area contributed by atoms with Gasteiger partial charge in [-0.25, -0.2) is 4.68 Å². The van der Waals surface area contributed by atoms with Crippen molar-refractivity contribution < 1.29 is 0 Å². The van der Waals surface area contributed by atoms with E-state index in [1.54, 1.807) is 6.20 Å². The third-order valence-electron chi connectivity index (χ3n) is 4.18. The topological polar surface area (TPSA) is 29.9 Å². The van der Waals surface area contributed by atoms with E-state index >= 15 is 0 Å². The van der Waals surface area contributed by atoms with Gasteiger partial charge in [-0.05, 0) is 42.9 Å². The lowest BCUT2D eigenvalue weighted by Gasteiger charge is -2.40. The van der Waals surface area contributed by atoms with Crippen molar-refractivity contribution in [2.75, 3.05) is 12.8 Å². The van der Waals surface area contributed by atoms with Gasteiger partial charge in [-0.3, -0.25) is 0 Å². The van der Waals surface area contributed by atoms with Crippen LogP contribution in [0.2, 0.25) is 0 Å². The van der Waals surface area contributed by atoms with Crippen LogP contribution in [0.25, 0.3) is 5.69 Å². The van der Waals surface area contributed by atoms with E-state index < -0.39 is 0 Å². The summed E-state index contributed by atoms with van der Waals surface area (Å²) >= 11 is 2.02. The third-order valence-corrected chi connectivity index (χ3v) is 5.60. The van der Waals surface area contributed by atoms with E-state index in [2.05, 4.69) is 40.9 Å². The zero-order valence-corrected chi connectivity index (χ0v) is 12.7. The smallest absolute Gasteiger partial charge is 0.0645 e. The highest BCUT2D eigenvalue weighted by molar-refractivity contribution is 8.00. The molecule has 1 aliphatic rings. The largest absolute Gasteiger partial charge is 0.311 e. The summed E-state index contributed by atoms with van der Waals surface area (Å²) in [5, 5.41) is 7.84. The molecule has 0 aliphatic heterocycles. The summed E-state index contributed by atoms with van der Waals surface area (Å²) in [5.41, 5.74) is 2.44. The fourth-order valence-corrected chi connectivity index (χ4v) is 3.59. The Kier molecular flexibility index (Phi) is 4.13. The molecule has 1 aliphatic carbocycles. The molecule has 0 atom stereocenters. The van der Waals surface area contributed by atoms with Crippen molar-refractivity contribution >= 4 is 11.8 Å². The predicted molar refractivity (Wildman–Crippen MR) is 85.4 cm³/mol. The maximum Gasteiger partial charge on any atom is 0.0645 e. The number of aromatic nitrogens is 2. The minimum Gasteiger partial charge on any atom is -0.311 e. The molecular weight excluding hydrogens is 266 g/mol. The molecule has 0 amide bonds. The van der Waals surface area contributed by atoms with E-state index in [0.29, 0.717) is 4.75 Å². The van der Waals surface area contributed by atoms with Gasteiger partial charge in [-0.1, -0.05) is 18.6 Å². The van der Waals surface area contributed by atoms with Gasteiger partial charge in [0.1, 0.15) is 0 Å². The SMILES string of the molecule is CSC1(CNCc2ccc(-n3cccn3)cc2)CCC1. The number of nitrogens with one attached hydrogen (secondary N) is 1. The van der Waals surface area contributed by atoms with Crippen molar-refractivity contribution in [1.82, 2.24) is 15.1 Å². The molecule has 4 heteroatoms. The van der Waals surface area contributed by atoms with Gasteiger partial charge in [0.25, 0.3) is 0 Å². The molecule has 1 fully saturated rings. The molecular formula is C16H21N3S. The Balaban J connectivity index is 1.53. The lowest BCUT2D eigenvalue weighted by Crippen LogP contribution is -2.43. The van der Waals surface area contributed by atoms with Crippen molar-refractivity contribution in [3.05, 3.63) is 48.3 Å². The van der Waals surface area contributed by atoms with E-state index in [1.165, 1.54) is 24.8 Å². The first-order valence-corrected chi connectivity index (χ1v) is 8.39. The summed E-state index contributed by atoms with van der Waals surface area (Å²) in [4.78, 5) is 0. The number of hydrogen-bond acceptors (Lipinski definition) is 3. The van der Waals surface area contributed by atoms with Crippen LogP contribution in [0, 0.1) is 0 Å². The summed E-state index contributed by atoms with van der Waals surface area (Å²) in [5.74, 6) is 0. The first kappa shape index (κ1) is 13.7. The van der Waals surface area contributed by atoms with Crippen LogP contribution < -0.4 is 5.32 Å². The van der Waals surface area contributed by atoms with Crippen LogP contribution in [0.1, 0.15) is 24.8 Å². The summed E-state index contributed by atoms with van der Waals surface area (Å²) < 4.78 is 2.39. The number of rotatable bonds is 6. The lowest BCUT2D eigenvalue weighted by atomic mass is 9.84. The van der Waals surface area contributed by atoms with Gasteiger partial charge in [-0.15, -0.1) is 0 Å². The van der Waals surface area contributed by atoms with Crippen molar-refractivity contribution in [1.29, 1.82) is 0 Å². The summed E-state index contributed by atoms with van der Waals surface area (Å²) in [6.07, 6.45) is 10.1. The Morgan fingerprint density at radius 1 is 1.30 bits per heavy atom. The molecule has 0 unspecified atom stereocenters. The molecule has 0 saturated heterocycles.